The van der Waals surface area contributed by atoms with E-state index < -0.39 is 17.2 Å². The third-order valence-corrected chi connectivity index (χ3v) is 2.60. The summed E-state index contributed by atoms with van der Waals surface area (Å²) in [6.07, 6.45) is 0.586. The highest BCUT2D eigenvalue weighted by Crippen LogP contribution is 2.32. The van der Waals surface area contributed by atoms with Crippen LogP contribution in [0, 0.1) is 11.6 Å². The number of halogens is 2. The summed E-state index contributed by atoms with van der Waals surface area (Å²) in [6, 6.07) is 3.61. The maximum Gasteiger partial charge on any atom is 0.132 e. The van der Waals surface area contributed by atoms with Gasteiger partial charge in [0.1, 0.15) is 11.6 Å². The fraction of sp³-hybridized carbons (Fsp3) is 0.455. The van der Waals surface area contributed by atoms with Crippen molar-refractivity contribution in [3.8, 4) is 0 Å². The fourth-order valence-corrected chi connectivity index (χ4v) is 1.55. The standard InChI is InChI=1S/C11H14F2O/c1-3-11(14,4-2)10-8(12)6-5-7-9(10)13/h5-7,14H,3-4H2,1-2H3. The minimum absolute atomic E-state index is 0.218. The van der Waals surface area contributed by atoms with Crippen LogP contribution in [0.5, 0.6) is 0 Å². The third kappa shape index (κ3) is 1.77. The number of rotatable bonds is 3. The van der Waals surface area contributed by atoms with E-state index >= 15 is 0 Å². The Morgan fingerprint density at radius 1 is 1.14 bits per heavy atom. The molecule has 0 aliphatic carbocycles. The molecule has 0 unspecified atom stereocenters. The summed E-state index contributed by atoms with van der Waals surface area (Å²) in [7, 11) is 0. The van der Waals surface area contributed by atoms with Crippen LogP contribution in [0.3, 0.4) is 0 Å². The molecule has 14 heavy (non-hydrogen) atoms. The van der Waals surface area contributed by atoms with E-state index in [-0.39, 0.29) is 5.56 Å². The quantitative estimate of drug-likeness (QED) is 0.795. The Bertz CT molecular complexity index is 299. The van der Waals surface area contributed by atoms with Crippen molar-refractivity contribution in [2.45, 2.75) is 32.3 Å². The molecule has 1 aromatic rings. The lowest BCUT2D eigenvalue weighted by molar-refractivity contribution is 0.0211. The van der Waals surface area contributed by atoms with Crippen molar-refractivity contribution in [3.05, 3.63) is 35.4 Å². The van der Waals surface area contributed by atoms with E-state index in [0.29, 0.717) is 12.8 Å². The Labute approximate surface area is 82.4 Å². The molecular formula is C11H14F2O. The largest absolute Gasteiger partial charge is 0.385 e. The summed E-state index contributed by atoms with van der Waals surface area (Å²) in [5.41, 5.74) is -1.61. The summed E-state index contributed by atoms with van der Waals surface area (Å²) in [4.78, 5) is 0. The Hall–Kier alpha value is -0.960. The summed E-state index contributed by atoms with van der Waals surface area (Å²) in [5.74, 6) is -1.37. The van der Waals surface area contributed by atoms with Crippen LogP contribution < -0.4 is 0 Å². The topological polar surface area (TPSA) is 20.2 Å². The smallest absolute Gasteiger partial charge is 0.132 e. The van der Waals surface area contributed by atoms with Gasteiger partial charge in [0.05, 0.1) is 11.2 Å². The SMILES string of the molecule is CCC(O)(CC)c1c(F)cccc1F. The minimum atomic E-state index is -1.39. The minimum Gasteiger partial charge on any atom is -0.385 e. The third-order valence-electron chi connectivity index (χ3n) is 2.60. The van der Waals surface area contributed by atoms with Gasteiger partial charge in [-0.2, -0.15) is 0 Å². The lowest BCUT2D eigenvalue weighted by Gasteiger charge is -2.26. The highest BCUT2D eigenvalue weighted by molar-refractivity contribution is 5.26. The van der Waals surface area contributed by atoms with E-state index in [1.807, 2.05) is 0 Å². The molecule has 0 atom stereocenters. The van der Waals surface area contributed by atoms with Crippen LogP contribution in [-0.4, -0.2) is 5.11 Å². The van der Waals surface area contributed by atoms with Gasteiger partial charge in [-0.05, 0) is 25.0 Å². The summed E-state index contributed by atoms with van der Waals surface area (Å²) >= 11 is 0. The average molecular weight is 200 g/mol. The number of aliphatic hydroxyl groups is 1. The molecule has 3 heteroatoms. The van der Waals surface area contributed by atoms with Crippen LogP contribution >= 0.6 is 0 Å². The van der Waals surface area contributed by atoms with Gasteiger partial charge in [0.15, 0.2) is 0 Å². The molecule has 0 saturated carbocycles. The van der Waals surface area contributed by atoms with Gasteiger partial charge in [-0.3, -0.25) is 0 Å². The maximum atomic E-state index is 13.3. The van der Waals surface area contributed by atoms with Crippen LogP contribution in [0.1, 0.15) is 32.3 Å². The molecule has 1 nitrogen and oxygen atoms in total. The van der Waals surface area contributed by atoms with Crippen LogP contribution in [0.4, 0.5) is 8.78 Å². The Kier molecular flexibility index (Phi) is 3.21. The molecule has 0 aromatic heterocycles. The number of hydrogen-bond acceptors (Lipinski definition) is 1. The van der Waals surface area contributed by atoms with Gasteiger partial charge >= 0.3 is 0 Å². The van der Waals surface area contributed by atoms with Gasteiger partial charge in [0.2, 0.25) is 0 Å². The zero-order valence-electron chi connectivity index (χ0n) is 8.35. The monoisotopic (exact) mass is 200 g/mol. The fourth-order valence-electron chi connectivity index (χ4n) is 1.55. The van der Waals surface area contributed by atoms with E-state index in [1.54, 1.807) is 13.8 Å². The zero-order chi connectivity index (χ0) is 10.8. The van der Waals surface area contributed by atoms with Crippen molar-refractivity contribution in [1.29, 1.82) is 0 Å². The van der Waals surface area contributed by atoms with E-state index in [9.17, 15) is 13.9 Å². The second kappa shape index (κ2) is 4.05. The van der Waals surface area contributed by atoms with Crippen LogP contribution in [0.15, 0.2) is 18.2 Å². The van der Waals surface area contributed by atoms with Crippen LogP contribution in [0.2, 0.25) is 0 Å². The molecule has 0 bridgehead atoms. The highest BCUT2D eigenvalue weighted by Gasteiger charge is 2.31. The normalized spacial score (nSPS) is 11.8. The Balaban J connectivity index is 3.29. The molecule has 0 aliphatic heterocycles. The molecule has 0 radical (unpaired) electrons. The Morgan fingerprint density at radius 2 is 1.57 bits per heavy atom. The van der Waals surface area contributed by atoms with Crippen molar-refractivity contribution in [2.24, 2.45) is 0 Å². The second-order valence-corrected chi connectivity index (χ2v) is 3.34. The van der Waals surface area contributed by atoms with E-state index in [2.05, 4.69) is 0 Å². The molecule has 0 saturated heterocycles. The Morgan fingerprint density at radius 3 is 1.93 bits per heavy atom. The first kappa shape index (κ1) is 11.1. The molecule has 0 amide bonds. The van der Waals surface area contributed by atoms with Crippen molar-refractivity contribution >= 4 is 0 Å². The first-order valence-electron chi connectivity index (χ1n) is 4.72. The molecule has 1 N–H and O–H groups in total. The van der Waals surface area contributed by atoms with Crippen molar-refractivity contribution in [2.75, 3.05) is 0 Å². The summed E-state index contributed by atoms with van der Waals surface area (Å²) < 4.78 is 26.6. The molecule has 78 valence electrons. The molecule has 0 fully saturated rings. The van der Waals surface area contributed by atoms with Gasteiger partial charge in [-0.25, -0.2) is 8.78 Å². The summed E-state index contributed by atoms with van der Waals surface area (Å²) in [6.45, 7) is 3.41. The van der Waals surface area contributed by atoms with Crippen molar-refractivity contribution < 1.29 is 13.9 Å². The summed E-state index contributed by atoms with van der Waals surface area (Å²) in [5, 5.41) is 9.98. The second-order valence-electron chi connectivity index (χ2n) is 3.34. The van der Waals surface area contributed by atoms with Gasteiger partial charge in [-0.15, -0.1) is 0 Å². The average Bonchev–Trinajstić information content (AvgIpc) is 2.17. The zero-order valence-corrected chi connectivity index (χ0v) is 8.35. The van der Waals surface area contributed by atoms with Gasteiger partial charge in [0.25, 0.3) is 0 Å². The van der Waals surface area contributed by atoms with Crippen molar-refractivity contribution in [1.82, 2.24) is 0 Å². The predicted octanol–water partition coefficient (Wildman–Crippen LogP) is 2.97. The van der Waals surface area contributed by atoms with Crippen LogP contribution in [-0.2, 0) is 5.60 Å². The van der Waals surface area contributed by atoms with E-state index in [1.165, 1.54) is 6.07 Å². The van der Waals surface area contributed by atoms with Gasteiger partial charge < -0.3 is 5.11 Å². The van der Waals surface area contributed by atoms with Gasteiger partial charge in [0, 0.05) is 0 Å². The molecule has 1 rings (SSSR count). The van der Waals surface area contributed by atoms with E-state index in [4.69, 9.17) is 0 Å². The van der Waals surface area contributed by atoms with E-state index in [0.717, 1.165) is 12.1 Å². The first-order valence-corrected chi connectivity index (χ1v) is 4.72. The van der Waals surface area contributed by atoms with Crippen LogP contribution in [0.25, 0.3) is 0 Å². The molecular weight excluding hydrogens is 186 g/mol. The lowest BCUT2D eigenvalue weighted by atomic mass is 9.88. The maximum absolute atomic E-state index is 13.3. The molecule has 1 aromatic carbocycles. The lowest BCUT2D eigenvalue weighted by Crippen LogP contribution is -2.26. The number of hydrogen-bond donors (Lipinski definition) is 1. The molecule has 0 spiro atoms. The molecule has 0 aliphatic rings. The van der Waals surface area contributed by atoms with Crippen molar-refractivity contribution in [3.63, 3.8) is 0 Å². The first-order chi connectivity index (χ1) is 6.55. The molecule has 0 heterocycles. The number of benzene rings is 1. The highest BCUT2D eigenvalue weighted by atomic mass is 19.1. The van der Waals surface area contributed by atoms with Gasteiger partial charge in [-0.1, -0.05) is 19.9 Å². The predicted molar refractivity (Wildman–Crippen MR) is 50.8 cm³/mol.